The molecule has 0 aromatic carbocycles. The summed E-state index contributed by atoms with van der Waals surface area (Å²) in [6, 6.07) is 0. The van der Waals surface area contributed by atoms with Crippen LogP contribution < -0.4 is 0 Å². The lowest BCUT2D eigenvalue weighted by molar-refractivity contribution is -0.0295. The van der Waals surface area contributed by atoms with Crippen molar-refractivity contribution in [2.75, 3.05) is 32.3 Å². The predicted octanol–water partition coefficient (Wildman–Crippen LogP) is 4.27. The number of hydrogen-bond donors (Lipinski definition) is 0. The molecule has 0 spiro atoms. The van der Waals surface area contributed by atoms with Gasteiger partial charge in [-0.1, -0.05) is 13.8 Å². The third kappa shape index (κ3) is 6.53. The molecule has 1 unspecified atom stereocenters. The van der Waals surface area contributed by atoms with Gasteiger partial charge >= 0.3 is 0 Å². The van der Waals surface area contributed by atoms with Crippen LogP contribution in [0.5, 0.6) is 0 Å². The molecule has 2 heteroatoms. The molecule has 0 amide bonds. The molecule has 0 aliphatic rings. The van der Waals surface area contributed by atoms with Crippen LogP contribution in [0.2, 0.25) is 0 Å². The number of rotatable bonds is 8. The molecule has 92 valence electrons. The molecule has 0 aliphatic carbocycles. The predicted molar refractivity (Wildman–Crippen MR) is 73.7 cm³/mol. The lowest BCUT2D eigenvalue weighted by Gasteiger charge is -2.30. The Bertz CT molecular complexity index is 168. The van der Waals surface area contributed by atoms with Gasteiger partial charge in [0, 0.05) is 33.6 Å². The molecule has 0 rings (SSSR count). The quantitative estimate of drug-likeness (QED) is 0.569. The largest absolute Gasteiger partial charge is 0.375 e. The van der Waals surface area contributed by atoms with Crippen LogP contribution in [0.25, 0.3) is 0 Å². The molecular weight excluding hydrogens is 203 g/mol. The highest BCUT2D eigenvalue weighted by atomic mass is 31.2. The van der Waals surface area contributed by atoms with Crippen LogP contribution >= 0.6 is 7.26 Å². The van der Waals surface area contributed by atoms with E-state index in [2.05, 4.69) is 41.0 Å². The van der Waals surface area contributed by atoms with E-state index in [1.54, 1.807) is 0 Å². The highest BCUT2D eigenvalue weighted by Crippen LogP contribution is 2.53. The van der Waals surface area contributed by atoms with Crippen molar-refractivity contribution in [3.05, 3.63) is 0 Å². The van der Waals surface area contributed by atoms with Crippen molar-refractivity contribution in [2.24, 2.45) is 0 Å². The van der Waals surface area contributed by atoms with Crippen LogP contribution in [0.1, 0.15) is 47.0 Å². The number of hydrogen-bond acceptors (Lipinski definition) is 1. The molecular formula is C13H30OP+. The minimum atomic E-state index is -0.656. The van der Waals surface area contributed by atoms with Crippen molar-refractivity contribution >= 4 is 7.26 Å². The molecule has 0 N–H and O–H groups in total. The average Bonchev–Trinajstić information content (AvgIpc) is 2.16. The summed E-state index contributed by atoms with van der Waals surface area (Å²) in [7, 11) is -0.656. The minimum Gasteiger partial charge on any atom is -0.375 e. The van der Waals surface area contributed by atoms with Crippen molar-refractivity contribution < 1.29 is 4.74 Å². The zero-order valence-electron chi connectivity index (χ0n) is 11.6. The smallest absolute Gasteiger partial charge is 0.0686 e. The lowest BCUT2D eigenvalue weighted by Crippen LogP contribution is -2.29. The van der Waals surface area contributed by atoms with Gasteiger partial charge in [-0.25, -0.2) is 0 Å². The Morgan fingerprint density at radius 1 is 1.07 bits per heavy atom. The highest BCUT2D eigenvalue weighted by Gasteiger charge is 2.30. The second kappa shape index (κ2) is 6.86. The van der Waals surface area contributed by atoms with Crippen molar-refractivity contribution in [1.29, 1.82) is 0 Å². The maximum atomic E-state index is 5.87. The summed E-state index contributed by atoms with van der Waals surface area (Å²) < 4.78 is 5.87. The third-order valence-corrected chi connectivity index (χ3v) is 6.41. The first-order chi connectivity index (χ1) is 6.89. The van der Waals surface area contributed by atoms with Crippen LogP contribution in [-0.4, -0.2) is 37.9 Å². The molecule has 0 saturated heterocycles. The Balaban J connectivity index is 4.09. The molecule has 0 aliphatic heterocycles. The fourth-order valence-corrected chi connectivity index (χ4v) is 4.47. The zero-order valence-corrected chi connectivity index (χ0v) is 12.5. The van der Waals surface area contributed by atoms with Crippen LogP contribution in [0.4, 0.5) is 0 Å². The fourth-order valence-electron chi connectivity index (χ4n) is 1.96. The summed E-state index contributed by atoms with van der Waals surface area (Å²) in [5, 5.41) is 0. The Hall–Kier alpha value is 0.390. The average molecular weight is 233 g/mol. The summed E-state index contributed by atoms with van der Waals surface area (Å²) >= 11 is 0. The van der Waals surface area contributed by atoms with Crippen molar-refractivity contribution in [3.63, 3.8) is 0 Å². The Kier molecular flexibility index (Phi) is 7.04. The van der Waals surface area contributed by atoms with Gasteiger partial charge in [0.15, 0.2) is 0 Å². The van der Waals surface area contributed by atoms with E-state index in [9.17, 15) is 0 Å². The normalized spacial score (nSPS) is 16.4. The summed E-state index contributed by atoms with van der Waals surface area (Å²) in [4.78, 5) is 0. The second-order valence-electron chi connectivity index (χ2n) is 5.37. The van der Waals surface area contributed by atoms with Gasteiger partial charge in [0.05, 0.1) is 17.9 Å². The van der Waals surface area contributed by atoms with E-state index in [1.165, 1.54) is 25.2 Å². The number of ether oxygens (including phenoxy) is 1. The summed E-state index contributed by atoms with van der Waals surface area (Å²) in [5.41, 5.74) is 0.125. The molecule has 1 nitrogen and oxygen atoms in total. The van der Waals surface area contributed by atoms with Crippen molar-refractivity contribution in [1.82, 2.24) is 0 Å². The van der Waals surface area contributed by atoms with E-state index < -0.39 is 7.26 Å². The molecule has 0 radical (unpaired) electrons. The van der Waals surface area contributed by atoms with Gasteiger partial charge in [0.1, 0.15) is 0 Å². The highest BCUT2D eigenvalue weighted by molar-refractivity contribution is 7.74. The lowest BCUT2D eigenvalue weighted by atomic mass is 10.0. The summed E-state index contributed by atoms with van der Waals surface area (Å²) in [5.74, 6) is 0. The van der Waals surface area contributed by atoms with Crippen molar-refractivity contribution in [2.45, 2.75) is 52.6 Å². The SMILES string of the molecule is CCC[P+](C)(C)CCC(C)(CC)OCC. The first-order valence-electron chi connectivity index (χ1n) is 6.35. The van der Waals surface area contributed by atoms with Crippen LogP contribution in [0.15, 0.2) is 0 Å². The Morgan fingerprint density at radius 2 is 1.67 bits per heavy atom. The van der Waals surface area contributed by atoms with Crippen LogP contribution in [0.3, 0.4) is 0 Å². The first kappa shape index (κ1) is 15.4. The van der Waals surface area contributed by atoms with Gasteiger partial charge in [-0.2, -0.15) is 0 Å². The van der Waals surface area contributed by atoms with Gasteiger partial charge in [-0.3, -0.25) is 0 Å². The van der Waals surface area contributed by atoms with Gasteiger partial charge in [-0.15, -0.1) is 0 Å². The Labute approximate surface area is 97.3 Å². The van der Waals surface area contributed by atoms with E-state index in [0.29, 0.717) is 0 Å². The van der Waals surface area contributed by atoms with E-state index >= 15 is 0 Å². The fraction of sp³-hybridized carbons (Fsp3) is 1.00. The third-order valence-electron chi connectivity index (χ3n) is 3.32. The first-order valence-corrected chi connectivity index (χ1v) is 9.40. The van der Waals surface area contributed by atoms with E-state index in [4.69, 9.17) is 4.74 Å². The van der Waals surface area contributed by atoms with Crippen LogP contribution in [0, 0.1) is 0 Å². The van der Waals surface area contributed by atoms with Gasteiger partial charge in [0.25, 0.3) is 0 Å². The topological polar surface area (TPSA) is 9.23 Å². The standard InChI is InChI=1S/C13H30OP/c1-7-11-15(5,6)12-10-13(4,8-2)14-9-3/h7-12H2,1-6H3/q+1. The van der Waals surface area contributed by atoms with Crippen molar-refractivity contribution in [3.8, 4) is 0 Å². The van der Waals surface area contributed by atoms with E-state index in [0.717, 1.165) is 13.0 Å². The monoisotopic (exact) mass is 233 g/mol. The van der Waals surface area contributed by atoms with E-state index in [1.807, 2.05) is 0 Å². The molecule has 0 bridgehead atoms. The molecule has 0 fully saturated rings. The maximum Gasteiger partial charge on any atom is 0.0686 e. The molecule has 15 heavy (non-hydrogen) atoms. The molecule has 0 aromatic rings. The second-order valence-corrected chi connectivity index (χ2v) is 10.1. The zero-order chi connectivity index (χ0) is 11.9. The minimum absolute atomic E-state index is 0.125. The Morgan fingerprint density at radius 3 is 2.07 bits per heavy atom. The molecule has 0 aromatic heterocycles. The molecule has 0 saturated carbocycles. The summed E-state index contributed by atoms with van der Waals surface area (Å²) in [6.45, 7) is 14.7. The molecule has 0 heterocycles. The molecule has 1 atom stereocenters. The van der Waals surface area contributed by atoms with E-state index in [-0.39, 0.29) is 5.60 Å². The van der Waals surface area contributed by atoms with Gasteiger partial charge in [-0.05, 0) is 26.7 Å². The van der Waals surface area contributed by atoms with Crippen LogP contribution in [-0.2, 0) is 4.74 Å². The summed E-state index contributed by atoms with van der Waals surface area (Å²) in [6.07, 6.45) is 6.51. The maximum absolute atomic E-state index is 5.87. The van der Waals surface area contributed by atoms with Gasteiger partial charge in [0.2, 0.25) is 0 Å². The van der Waals surface area contributed by atoms with Gasteiger partial charge < -0.3 is 4.74 Å².